The molecule has 0 fully saturated rings. The molecule has 0 aromatic rings. The first kappa shape index (κ1) is 16.9. The Kier molecular flexibility index (Phi) is 7.38. The highest BCUT2D eigenvalue weighted by atomic mass is 31.2. The molecular formula is C8H20NO7P. The molecule has 0 radical (unpaired) electrons. The first-order chi connectivity index (χ1) is 7.70. The fourth-order valence-corrected chi connectivity index (χ4v) is 1.48. The molecule has 0 aliphatic heterocycles. The van der Waals surface area contributed by atoms with E-state index < -0.39 is 27.1 Å². The Morgan fingerprint density at radius 1 is 1.35 bits per heavy atom. The van der Waals surface area contributed by atoms with E-state index in [4.69, 9.17) is 10.4 Å². The molecule has 17 heavy (non-hydrogen) atoms. The molecule has 0 saturated carbocycles. The van der Waals surface area contributed by atoms with E-state index in [2.05, 4.69) is 13.9 Å². The zero-order valence-corrected chi connectivity index (χ0v) is 11.1. The van der Waals surface area contributed by atoms with Gasteiger partial charge in [-0.2, -0.15) is 0 Å². The van der Waals surface area contributed by atoms with Crippen molar-refractivity contribution in [2.75, 3.05) is 47.5 Å². The highest BCUT2D eigenvalue weighted by Gasteiger charge is 2.16. The third kappa shape index (κ3) is 9.63. The lowest BCUT2D eigenvalue weighted by Crippen LogP contribution is -2.37. The van der Waals surface area contributed by atoms with E-state index in [9.17, 15) is 9.46 Å². The van der Waals surface area contributed by atoms with Gasteiger partial charge >= 0.3 is 0 Å². The van der Waals surface area contributed by atoms with Crippen LogP contribution in [-0.2, 0) is 18.5 Å². The normalized spacial score (nSPS) is 17.8. The monoisotopic (exact) mass is 273 g/mol. The maximum atomic E-state index is 11.2. The average Bonchev–Trinajstić information content (AvgIpc) is 2.16. The first-order valence-corrected chi connectivity index (χ1v) is 6.48. The number of aliphatic hydroxyl groups is 1. The van der Waals surface area contributed by atoms with Gasteiger partial charge in [0.05, 0.1) is 34.4 Å². The molecule has 0 aromatic heterocycles. The molecular weight excluding hydrogens is 253 g/mol. The zero-order chi connectivity index (χ0) is 13.5. The average molecular weight is 273 g/mol. The summed E-state index contributed by atoms with van der Waals surface area (Å²) >= 11 is 0. The van der Waals surface area contributed by atoms with Crippen LogP contribution in [0, 0.1) is 0 Å². The second-order valence-electron chi connectivity index (χ2n) is 4.50. The molecule has 9 heteroatoms. The molecule has 0 aliphatic carbocycles. The van der Waals surface area contributed by atoms with E-state index in [0.717, 1.165) is 0 Å². The highest BCUT2D eigenvalue weighted by Crippen LogP contribution is 2.38. The zero-order valence-electron chi connectivity index (χ0n) is 10.2. The fraction of sp³-hybridized carbons (Fsp3) is 1.00. The molecule has 0 saturated heterocycles. The van der Waals surface area contributed by atoms with Crippen molar-refractivity contribution >= 4 is 7.82 Å². The minimum Gasteiger partial charge on any atom is -0.756 e. The standard InChI is InChI=1S/C8H20NO7P/c1-9(2,3)4-5-14-17(12,13)15-7-8(6-10)16-11/h8,10H,4-7H2,1-3H3,(H-,11,12,13)/t8-/m1/s1. The van der Waals surface area contributed by atoms with Crippen molar-refractivity contribution in [3.8, 4) is 0 Å². The molecule has 2 N–H and O–H groups in total. The number of aliphatic hydroxyl groups excluding tert-OH is 1. The minimum absolute atomic E-state index is 0.00590. The largest absolute Gasteiger partial charge is 0.756 e. The van der Waals surface area contributed by atoms with E-state index >= 15 is 0 Å². The second kappa shape index (κ2) is 7.40. The van der Waals surface area contributed by atoms with Gasteiger partial charge in [-0.25, -0.2) is 4.89 Å². The Balaban J connectivity index is 3.92. The summed E-state index contributed by atoms with van der Waals surface area (Å²) in [6, 6.07) is 0. The van der Waals surface area contributed by atoms with E-state index in [1.807, 2.05) is 21.1 Å². The summed E-state index contributed by atoms with van der Waals surface area (Å²) < 4.78 is 20.8. The van der Waals surface area contributed by atoms with Crippen molar-refractivity contribution < 1.29 is 38.2 Å². The SMILES string of the molecule is C[N+](C)(C)CCOP(=O)([O-])OC[C@@H](CO)OO. The lowest BCUT2D eigenvalue weighted by molar-refractivity contribution is -0.870. The number of hydrogen-bond acceptors (Lipinski definition) is 7. The molecule has 8 nitrogen and oxygen atoms in total. The summed E-state index contributed by atoms with van der Waals surface area (Å²) in [6.07, 6.45) is -1.11. The molecule has 0 amide bonds. The third-order valence-electron chi connectivity index (χ3n) is 1.78. The van der Waals surface area contributed by atoms with Crippen LogP contribution in [0.2, 0.25) is 0 Å². The molecule has 0 rings (SSSR count). The van der Waals surface area contributed by atoms with Gasteiger partial charge < -0.3 is 23.5 Å². The van der Waals surface area contributed by atoms with Crippen LogP contribution in [-0.4, -0.2) is 68.5 Å². The Morgan fingerprint density at radius 2 is 1.94 bits per heavy atom. The molecule has 0 aromatic carbocycles. The van der Waals surface area contributed by atoms with Crippen LogP contribution in [0.4, 0.5) is 0 Å². The lowest BCUT2D eigenvalue weighted by atomic mass is 10.4. The van der Waals surface area contributed by atoms with E-state index in [1.165, 1.54) is 0 Å². The van der Waals surface area contributed by atoms with Crippen LogP contribution < -0.4 is 4.89 Å². The summed E-state index contributed by atoms with van der Waals surface area (Å²) in [4.78, 5) is 15.0. The number of rotatable bonds is 9. The summed E-state index contributed by atoms with van der Waals surface area (Å²) in [5.74, 6) is 0. The van der Waals surface area contributed by atoms with Crippen LogP contribution in [0.1, 0.15) is 0 Å². The summed E-state index contributed by atoms with van der Waals surface area (Å²) in [7, 11) is 1.25. The van der Waals surface area contributed by atoms with Crippen molar-refractivity contribution in [3.05, 3.63) is 0 Å². The molecule has 2 atom stereocenters. The van der Waals surface area contributed by atoms with Crippen LogP contribution >= 0.6 is 7.82 Å². The lowest BCUT2D eigenvalue weighted by Gasteiger charge is -2.27. The van der Waals surface area contributed by atoms with Gasteiger partial charge in [-0.05, 0) is 0 Å². The predicted molar refractivity (Wildman–Crippen MR) is 57.0 cm³/mol. The number of phosphoric ester groups is 1. The van der Waals surface area contributed by atoms with Crippen molar-refractivity contribution in [1.29, 1.82) is 0 Å². The Bertz CT molecular complexity index is 251. The van der Waals surface area contributed by atoms with Crippen molar-refractivity contribution in [1.82, 2.24) is 0 Å². The van der Waals surface area contributed by atoms with Crippen LogP contribution in [0.15, 0.2) is 0 Å². The van der Waals surface area contributed by atoms with Crippen molar-refractivity contribution in [2.24, 2.45) is 0 Å². The van der Waals surface area contributed by atoms with E-state index in [-0.39, 0.29) is 6.61 Å². The molecule has 104 valence electrons. The smallest absolute Gasteiger partial charge is 0.268 e. The molecule has 0 spiro atoms. The first-order valence-electron chi connectivity index (χ1n) is 5.02. The van der Waals surface area contributed by atoms with Crippen molar-refractivity contribution in [2.45, 2.75) is 6.10 Å². The summed E-state index contributed by atoms with van der Waals surface area (Å²) in [5, 5.41) is 16.8. The van der Waals surface area contributed by atoms with Gasteiger partial charge in [0.2, 0.25) is 0 Å². The van der Waals surface area contributed by atoms with Crippen molar-refractivity contribution in [3.63, 3.8) is 0 Å². The van der Waals surface area contributed by atoms with Crippen LogP contribution in [0.3, 0.4) is 0 Å². The number of likely N-dealkylation sites (N-methyl/N-ethyl adjacent to an activating group) is 1. The number of nitrogens with zero attached hydrogens (tertiary/aromatic N) is 1. The minimum atomic E-state index is -4.42. The van der Waals surface area contributed by atoms with Gasteiger partial charge in [0.15, 0.2) is 0 Å². The Labute approximate surface area is 100 Å². The molecule has 0 aliphatic rings. The second-order valence-corrected chi connectivity index (χ2v) is 5.91. The number of phosphoric acid groups is 1. The Hall–Kier alpha value is -0.0500. The van der Waals surface area contributed by atoms with E-state index in [1.54, 1.807) is 0 Å². The van der Waals surface area contributed by atoms with Gasteiger partial charge in [0.25, 0.3) is 7.82 Å². The quantitative estimate of drug-likeness (QED) is 0.241. The van der Waals surface area contributed by atoms with Crippen LogP contribution in [0.25, 0.3) is 0 Å². The summed E-state index contributed by atoms with van der Waals surface area (Å²) in [6.45, 7) is -0.572. The highest BCUT2D eigenvalue weighted by molar-refractivity contribution is 7.45. The number of hydrogen-bond donors (Lipinski definition) is 2. The van der Waals surface area contributed by atoms with Gasteiger partial charge in [0, 0.05) is 0 Å². The molecule has 1 unspecified atom stereocenters. The summed E-state index contributed by atoms with van der Waals surface area (Å²) in [5.41, 5.74) is 0. The molecule has 0 heterocycles. The third-order valence-corrected chi connectivity index (χ3v) is 2.75. The van der Waals surface area contributed by atoms with Gasteiger partial charge in [-0.3, -0.25) is 9.82 Å². The van der Waals surface area contributed by atoms with Gasteiger partial charge in [-0.1, -0.05) is 0 Å². The molecule has 0 bridgehead atoms. The van der Waals surface area contributed by atoms with Crippen LogP contribution in [0.5, 0.6) is 0 Å². The Morgan fingerprint density at radius 3 is 2.35 bits per heavy atom. The van der Waals surface area contributed by atoms with Gasteiger partial charge in [0.1, 0.15) is 19.3 Å². The maximum absolute atomic E-state index is 11.2. The maximum Gasteiger partial charge on any atom is 0.268 e. The van der Waals surface area contributed by atoms with E-state index in [0.29, 0.717) is 11.0 Å². The number of quaternary nitrogens is 1. The van der Waals surface area contributed by atoms with Gasteiger partial charge in [-0.15, -0.1) is 0 Å². The fourth-order valence-electron chi connectivity index (χ4n) is 0.755. The topological polar surface area (TPSA) is 108 Å². The predicted octanol–water partition coefficient (Wildman–Crippen LogP) is -0.955.